The van der Waals surface area contributed by atoms with Crippen LogP contribution in [0.3, 0.4) is 0 Å². The zero-order valence-corrected chi connectivity index (χ0v) is 10.2. The molecule has 0 bridgehead atoms. The highest BCUT2D eigenvalue weighted by Crippen LogP contribution is 2.49. The van der Waals surface area contributed by atoms with Crippen molar-refractivity contribution in [1.29, 1.82) is 5.41 Å². The predicted molar refractivity (Wildman–Crippen MR) is 65.2 cm³/mol. The number of nitrogens with one attached hydrogen (secondary N) is 1. The molecular weight excluding hydrogens is 186 g/mol. The standard InChI is InChI=1S/C12H25N3/c1-3-5-8-15(4-2)10-12(6-7-12)9-11(13)14/h3-10H2,1-2H3,(H3,13,14). The van der Waals surface area contributed by atoms with Gasteiger partial charge in [0, 0.05) is 13.0 Å². The number of amidine groups is 1. The maximum absolute atomic E-state index is 7.39. The molecule has 0 aromatic carbocycles. The summed E-state index contributed by atoms with van der Waals surface area (Å²) in [6, 6.07) is 0. The molecule has 0 aromatic heterocycles. The lowest BCUT2D eigenvalue weighted by molar-refractivity contribution is 0.229. The highest BCUT2D eigenvalue weighted by molar-refractivity contribution is 5.78. The Morgan fingerprint density at radius 1 is 1.40 bits per heavy atom. The fourth-order valence-corrected chi connectivity index (χ4v) is 2.18. The monoisotopic (exact) mass is 211 g/mol. The van der Waals surface area contributed by atoms with Gasteiger partial charge in [-0.1, -0.05) is 20.3 Å². The molecule has 88 valence electrons. The van der Waals surface area contributed by atoms with Gasteiger partial charge in [-0.2, -0.15) is 0 Å². The molecule has 0 aliphatic heterocycles. The molecular formula is C12H25N3. The van der Waals surface area contributed by atoms with E-state index in [-0.39, 0.29) is 0 Å². The van der Waals surface area contributed by atoms with E-state index in [0.717, 1.165) is 19.5 Å². The molecule has 0 heterocycles. The zero-order valence-electron chi connectivity index (χ0n) is 10.2. The first kappa shape index (κ1) is 12.5. The average Bonchev–Trinajstić information content (AvgIpc) is 2.91. The van der Waals surface area contributed by atoms with Gasteiger partial charge >= 0.3 is 0 Å². The summed E-state index contributed by atoms with van der Waals surface area (Å²) in [6.45, 7) is 7.92. The minimum Gasteiger partial charge on any atom is -0.388 e. The van der Waals surface area contributed by atoms with Crippen molar-refractivity contribution in [2.24, 2.45) is 11.1 Å². The van der Waals surface area contributed by atoms with Crippen molar-refractivity contribution >= 4 is 5.84 Å². The van der Waals surface area contributed by atoms with Crippen molar-refractivity contribution in [1.82, 2.24) is 4.90 Å². The Morgan fingerprint density at radius 2 is 2.07 bits per heavy atom. The van der Waals surface area contributed by atoms with E-state index < -0.39 is 0 Å². The Morgan fingerprint density at radius 3 is 2.47 bits per heavy atom. The molecule has 1 aliphatic carbocycles. The number of nitrogens with zero attached hydrogens (tertiary/aromatic N) is 1. The fraction of sp³-hybridized carbons (Fsp3) is 0.917. The topological polar surface area (TPSA) is 53.1 Å². The van der Waals surface area contributed by atoms with E-state index in [1.165, 1.54) is 32.2 Å². The summed E-state index contributed by atoms with van der Waals surface area (Å²) in [7, 11) is 0. The largest absolute Gasteiger partial charge is 0.388 e. The molecule has 1 aliphatic rings. The Kier molecular flexibility index (Phi) is 4.58. The molecule has 1 saturated carbocycles. The van der Waals surface area contributed by atoms with E-state index in [0.29, 0.717) is 11.3 Å². The highest BCUT2D eigenvalue weighted by Gasteiger charge is 2.43. The van der Waals surface area contributed by atoms with Crippen LogP contribution in [0, 0.1) is 10.8 Å². The van der Waals surface area contributed by atoms with Gasteiger partial charge in [0.2, 0.25) is 0 Å². The zero-order chi connectivity index (χ0) is 11.3. The van der Waals surface area contributed by atoms with Crippen LogP contribution >= 0.6 is 0 Å². The van der Waals surface area contributed by atoms with Crippen LogP contribution in [0.1, 0.15) is 46.0 Å². The van der Waals surface area contributed by atoms with Gasteiger partial charge in [0.05, 0.1) is 5.84 Å². The van der Waals surface area contributed by atoms with Crippen molar-refractivity contribution in [3.63, 3.8) is 0 Å². The van der Waals surface area contributed by atoms with Crippen molar-refractivity contribution in [3.05, 3.63) is 0 Å². The minimum atomic E-state index is 0.360. The molecule has 0 amide bonds. The summed E-state index contributed by atoms with van der Waals surface area (Å²) >= 11 is 0. The van der Waals surface area contributed by atoms with E-state index >= 15 is 0 Å². The molecule has 1 fully saturated rings. The maximum atomic E-state index is 7.39. The number of nitrogens with two attached hydrogens (primary N) is 1. The Labute approximate surface area is 93.5 Å². The molecule has 0 atom stereocenters. The molecule has 15 heavy (non-hydrogen) atoms. The molecule has 0 spiro atoms. The Hall–Kier alpha value is -0.570. The minimum absolute atomic E-state index is 0.360. The number of unbranched alkanes of at least 4 members (excludes halogenated alkanes) is 1. The molecule has 0 unspecified atom stereocenters. The van der Waals surface area contributed by atoms with Crippen LogP contribution in [-0.2, 0) is 0 Å². The van der Waals surface area contributed by atoms with Gasteiger partial charge in [0.15, 0.2) is 0 Å². The third kappa shape index (κ3) is 4.20. The quantitative estimate of drug-likeness (QED) is 0.478. The van der Waals surface area contributed by atoms with Crippen LogP contribution in [0.2, 0.25) is 0 Å². The van der Waals surface area contributed by atoms with E-state index in [1.54, 1.807) is 0 Å². The SMILES string of the molecule is CCCCN(CC)CC1(CC(=N)N)CC1. The van der Waals surface area contributed by atoms with Crippen molar-refractivity contribution in [3.8, 4) is 0 Å². The molecule has 3 nitrogen and oxygen atoms in total. The number of hydrogen-bond donors (Lipinski definition) is 2. The van der Waals surface area contributed by atoms with Crippen LogP contribution in [-0.4, -0.2) is 30.4 Å². The van der Waals surface area contributed by atoms with Gasteiger partial charge in [0.1, 0.15) is 0 Å². The van der Waals surface area contributed by atoms with E-state index in [9.17, 15) is 0 Å². The summed E-state index contributed by atoms with van der Waals surface area (Å²) in [4.78, 5) is 2.51. The molecule has 3 heteroatoms. The van der Waals surface area contributed by atoms with Crippen LogP contribution in [0.5, 0.6) is 0 Å². The van der Waals surface area contributed by atoms with Gasteiger partial charge in [-0.15, -0.1) is 0 Å². The third-order valence-electron chi connectivity index (χ3n) is 3.36. The normalized spacial score (nSPS) is 18.1. The Bertz CT molecular complexity index is 209. The lowest BCUT2D eigenvalue weighted by Crippen LogP contribution is -2.33. The summed E-state index contributed by atoms with van der Waals surface area (Å²) < 4.78 is 0. The van der Waals surface area contributed by atoms with E-state index in [4.69, 9.17) is 11.1 Å². The Balaban J connectivity index is 2.33. The molecule has 0 radical (unpaired) electrons. The molecule has 3 N–H and O–H groups in total. The molecule has 0 aromatic rings. The second kappa shape index (κ2) is 5.50. The van der Waals surface area contributed by atoms with E-state index in [2.05, 4.69) is 18.7 Å². The lowest BCUT2D eigenvalue weighted by atomic mass is 10.0. The van der Waals surface area contributed by atoms with Crippen LogP contribution in [0.15, 0.2) is 0 Å². The van der Waals surface area contributed by atoms with Gasteiger partial charge in [-0.05, 0) is 37.8 Å². The van der Waals surface area contributed by atoms with Gasteiger partial charge in [-0.3, -0.25) is 5.41 Å². The molecule has 0 saturated heterocycles. The highest BCUT2D eigenvalue weighted by atomic mass is 15.1. The first-order valence-electron chi connectivity index (χ1n) is 6.17. The lowest BCUT2D eigenvalue weighted by Gasteiger charge is -2.25. The second-order valence-corrected chi connectivity index (χ2v) is 4.92. The predicted octanol–water partition coefficient (Wildman–Crippen LogP) is 2.21. The summed E-state index contributed by atoms with van der Waals surface area (Å²) in [5, 5.41) is 7.39. The smallest absolute Gasteiger partial charge is 0.0911 e. The first-order valence-corrected chi connectivity index (χ1v) is 6.17. The van der Waals surface area contributed by atoms with Crippen LogP contribution < -0.4 is 5.73 Å². The van der Waals surface area contributed by atoms with Gasteiger partial charge in [0.25, 0.3) is 0 Å². The third-order valence-corrected chi connectivity index (χ3v) is 3.36. The van der Waals surface area contributed by atoms with Gasteiger partial charge in [-0.25, -0.2) is 0 Å². The fourth-order valence-electron chi connectivity index (χ4n) is 2.18. The van der Waals surface area contributed by atoms with Gasteiger partial charge < -0.3 is 10.6 Å². The number of rotatable bonds is 8. The summed E-state index contributed by atoms with van der Waals surface area (Å²) in [5.41, 5.74) is 5.87. The van der Waals surface area contributed by atoms with Crippen molar-refractivity contribution in [2.45, 2.75) is 46.0 Å². The second-order valence-electron chi connectivity index (χ2n) is 4.92. The van der Waals surface area contributed by atoms with E-state index in [1.807, 2.05) is 0 Å². The van der Waals surface area contributed by atoms with Crippen molar-refractivity contribution in [2.75, 3.05) is 19.6 Å². The number of hydrogen-bond acceptors (Lipinski definition) is 2. The first-order chi connectivity index (χ1) is 7.12. The van der Waals surface area contributed by atoms with Crippen molar-refractivity contribution < 1.29 is 0 Å². The average molecular weight is 211 g/mol. The summed E-state index contributed by atoms with van der Waals surface area (Å²) in [6.07, 6.45) is 5.86. The van der Waals surface area contributed by atoms with Crippen LogP contribution in [0.4, 0.5) is 0 Å². The molecule has 1 rings (SSSR count). The summed E-state index contributed by atoms with van der Waals surface area (Å²) in [5.74, 6) is 0.360. The maximum Gasteiger partial charge on any atom is 0.0911 e. The van der Waals surface area contributed by atoms with Crippen LogP contribution in [0.25, 0.3) is 0 Å².